The van der Waals surface area contributed by atoms with Crippen molar-refractivity contribution in [1.82, 2.24) is 5.32 Å². The molecular weight excluding hydrogens is 470 g/mol. The Morgan fingerprint density at radius 2 is 0.974 bits per heavy atom. The fraction of sp³-hybridized carbons (Fsp3) is 0.912. The lowest BCUT2D eigenvalue weighted by atomic mass is 10.0. The Morgan fingerprint density at radius 1 is 0.605 bits per heavy atom. The van der Waals surface area contributed by atoms with E-state index < -0.39 is 12.1 Å². The maximum Gasteiger partial charge on any atom is 0.220 e. The van der Waals surface area contributed by atoms with Crippen LogP contribution in [-0.4, -0.2) is 34.9 Å². The number of unbranched alkanes of at least 4 members (excludes halogenated alkanes) is 23. The van der Waals surface area contributed by atoms with Gasteiger partial charge < -0.3 is 15.5 Å². The van der Waals surface area contributed by atoms with Gasteiger partial charge >= 0.3 is 0 Å². The van der Waals surface area contributed by atoms with Crippen LogP contribution in [0.3, 0.4) is 0 Å². The molecule has 2 atom stereocenters. The van der Waals surface area contributed by atoms with Crippen LogP contribution in [0.4, 0.5) is 0 Å². The van der Waals surface area contributed by atoms with Crippen LogP contribution in [-0.2, 0) is 4.79 Å². The van der Waals surface area contributed by atoms with E-state index in [0.717, 1.165) is 25.7 Å². The smallest absolute Gasteiger partial charge is 0.220 e. The second-order valence-electron chi connectivity index (χ2n) is 11.6. The van der Waals surface area contributed by atoms with E-state index in [1.807, 2.05) is 6.08 Å². The van der Waals surface area contributed by atoms with Gasteiger partial charge in [-0.05, 0) is 19.3 Å². The molecule has 0 aromatic carbocycles. The van der Waals surface area contributed by atoms with E-state index in [1.165, 1.54) is 135 Å². The Bertz CT molecular complexity index is 508. The minimum atomic E-state index is -0.830. The van der Waals surface area contributed by atoms with Gasteiger partial charge in [-0.15, -0.1) is 0 Å². The predicted molar refractivity (Wildman–Crippen MR) is 166 cm³/mol. The molecule has 0 saturated heterocycles. The number of aliphatic hydroxyl groups is 2. The first-order chi connectivity index (χ1) is 18.7. The van der Waals surface area contributed by atoms with Crippen molar-refractivity contribution in [3.05, 3.63) is 12.2 Å². The number of nitrogens with one attached hydrogen (secondary N) is 1. The van der Waals surface area contributed by atoms with Crippen LogP contribution in [0.1, 0.15) is 181 Å². The lowest BCUT2D eigenvalue weighted by Gasteiger charge is -2.20. The van der Waals surface area contributed by atoms with Gasteiger partial charge in [-0.2, -0.15) is 0 Å². The van der Waals surface area contributed by atoms with E-state index in [4.69, 9.17) is 0 Å². The second-order valence-corrected chi connectivity index (χ2v) is 11.6. The Kier molecular flexibility index (Phi) is 30.0. The predicted octanol–water partition coefficient (Wildman–Crippen LogP) is 9.56. The van der Waals surface area contributed by atoms with E-state index in [0.29, 0.717) is 6.42 Å². The molecule has 0 aliphatic rings. The summed E-state index contributed by atoms with van der Waals surface area (Å²) in [6, 6.07) is -0.613. The van der Waals surface area contributed by atoms with Gasteiger partial charge in [0.2, 0.25) is 5.91 Å². The summed E-state index contributed by atoms with van der Waals surface area (Å²) in [7, 11) is 0. The van der Waals surface area contributed by atoms with Crippen molar-refractivity contribution in [1.29, 1.82) is 0 Å². The van der Waals surface area contributed by atoms with E-state index in [9.17, 15) is 15.0 Å². The Hall–Kier alpha value is -0.870. The zero-order chi connectivity index (χ0) is 27.9. The Balaban J connectivity index is 3.63. The van der Waals surface area contributed by atoms with Crippen LogP contribution in [0.15, 0.2) is 12.2 Å². The van der Waals surface area contributed by atoms with Crippen LogP contribution < -0.4 is 5.32 Å². The molecule has 0 heterocycles. The van der Waals surface area contributed by atoms with Gasteiger partial charge in [-0.25, -0.2) is 0 Å². The molecule has 4 heteroatoms. The molecule has 0 bridgehead atoms. The summed E-state index contributed by atoms with van der Waals surface area (Å²) in [6.07, 6.45) is 35.7. The molecule has 3 N–H and O–H groups in total. The van der Waals surface area contributed by atoms with Gasteiger partial charge in [0.25, 0.3) is 0 Å². The van der Waals surface area contributed by atoms with Crippen LogP contribution in [0.2, 0.25) is 0 Å². The number of carbonyl (C=O) groups excluding carboxylic acids is 1. The normalized spacial score (nSPS) is 13.3. The van der Waals surface area contributed by atoms with Gasteiger partial charge in [-0.1, -0.05) is 167 Å². The summed E-state index contributed by atoms with van der Waals surface area (Å²) in [6.45, 7) is 4.29. The topological polar surface area (TPSA) is 69.6 Å². The van der Waals surface area contributed by atoms with Crippen LogP contribution >= 0.6 is 0 Å². The fourth-order valence-corrected chi connectivity index (χ4v) is 5.12. The molecule has 0 rings (SSSR count). The number of amides is 1. The lowest BCUT2D eigenvalue weighted by molar-refractivity contribution is -0.123. The van der Waals surface area contributed by atoms with Crippen molar-refractivity contribution >= 4 is 5.91 Å². The minimum absolute atomic E-state index is 0.0649. The number of carbonyl (C=O) groups is 1. The second kappa shape index (κ2) is 30.7. The maximum absolute atomic E-state index is 12.2. The average molecular weight is 538 g/mol. The van der Waals surface area contributed by atoms with Crippen LogP contribution in [0.25, 0.3) is 0 Å². The number of hydrogen-bond acceptors (Lipinski definition) is 3. The molecule has 0 aliphatic heterocycles. The molecule has 0 saturated carbocycles. The molecular formula is C34H67NO3. The van der Waals surface area contributed by atoms with Crippen molar-refractivity contribution in [2.45, 2.75) is 193 Å². The zero-order valence-corrected chi connectivity index (χ0v) is 25.7. The quantitative estimate of drug-likeness (QED) is 0.0631. The van der Waals surface area contributed by atoms with Crippen molar-refractivity contribution in [2.24, 2.45) is 0 Å². The third-order valence-electron chi connectivity index (χ3n) is 7.77. The summed E-state index contributed by atoms with van der Waals surface area (Å²) >= 11 is 0. The average Bonchev–Trinajstić information content (AvgIpc) is 2.92. The van der Waals surface area contributed by atoms with Crippen LogP contribution in [0.5, 0.6) is 0 Å². The van der Waals surface area contributed by atoms with Gasteiger partial charge in [0.15, 0.2) is 0 Å². The molecule has 0 aromatic heterocycles. The molecule has 0 radical (unpaired) electrons. The summed E-state index contributed by atoms with van der Waals surface area (Å²) < 4.78 is 0. The molecule has 0 aromatic rings. The highest BCUT2D eigenvalue weighted by Crippen LogP contribution is 2.14. The third kappa shape index (κ3) is 26.7. The first kappa shape index (κ1) is 37.1. The zero-order valence-electron chi connectivity index (χ0n) is 25.7. The van der Waals surface area contributed by atoms with Crippen molar-refractivity contribution in [2.75, 3.05) is 6.61 Å². The first-order valence-electron chi connectivity index (χ1n) is 16.9. The number of aliphatic hydroxyl groups excluding tert-OH is 2. The molecule has 1 amide bonds. The monoisotopic (exact) mass is 538 g/mol. The summed E-state index contributed by atoms with van der Waals surface area (Å²) in [5, 5.41) is 22.8. The molecule has 0 aliphatic carbocycles. The van der Waals surface area contributed by atoms with E-state index in [1.54, 1.807) is 6.08 Å². The first-order valence-corrected chi connectivity index (χ1v) is 16.9. The molecule has 38 heavy (non-hydrogen) atoms. The maximum atomic E-state index is 12.2. The third-order valence-corrected chi connectivity index (χ3v) is 7.77. The molecule has 4 nitrogen and oxygen atoms in total. The fourth-order valence-electron chi connectivity index (χ4n) is 5.12. The molecule has 226 valence electrons. The molecule has 1 unspecified atom stereocenters. The molecule has 0 fully saturated rings. The standard InChI is InChI=1S/C34H67NO3/c1-3-5-7-9-11-13-15-17-19-21-23-25-27-29-33(37)32(31-36)35-34(38)30-28-26-24-22-20-18-16-14-12-10-8-6-4-2/h27,29,32-33,36-37H,3-26,28,30-31H2,1-2H3,(H,35,38)/b29-27+/t32?,33-/m1/s1. The number of rotatable bonds is 30. The lowest BCUT2D eigenvalue weighted by Crippen LogP contribution is -2.45. The molecule has 0 spiro atoms. The van der Waals surface area contributed by atoms with Gasteiger partial charge in [0, 0.05) is 6.42 Å². The highest BCUT2D eigenvalue weighted by Gasteiger charge is 2.17. The van der Waals surface area contributed by atoms with Crippen LogP contribution in [0, 0.1) is 0 Å². The van der Waals surface area contributed by atoms with Crippen molar-refractivity contribution in [3.8, 4) is 0 Å². The van der Waals surface area contributed by atoms with E-state index >= 15 is 0 Å². The Morgan fingerprint density at radius 3 is 1.37 bits per heavy atom. The van der Waals surface area contributed by atoms with Gasteiger partial charge in [-0.3, -0.25) is 4.79 Å². The minimum Gasteiger partial charge on any atom is -0.394 e. The van der Waals surface area contributed by atoms with Crippen molar-refractivity contribution in [3.63, 3.8) is 0 Å². The van der Waals surface area contributed by atoms with Gasteiger partial charge in [0.1, 0.15) is 0 Å². The van der Waals surface area contributed by atoms with Crippen molar-refractivity contribution < 1.29 is 15.0 Å². The summed E-state index contributed by atoms with van der Waals surface area (Å²) in [5.74, 6) is -0.0649. The van der Waals surface area contributed by atoms with Gasteiger partial charge in [0.05, 0.1) is 18.8 Å². The highest BCUT2D eigenvalue weighted by atomic mass is 16.3. The number of hydrogen-bond donors (Lipinski definition) is 3. The van der Waals surface area contributed by atoms with E-state index in [2.05, 4.69) is 19.2 Å². The number of allylic oxidation sites excluding steroid dienone is 1. The largest absolute Gasteiger partial charge is 0.394 e. The van der Waals surface area contributed by atoms with E-state index in [-0.39, 0.29) is 12.5 Å². The summed E-state index contributed by atoms with van der Waals surface area (Å²) in [5.41, 5.74) is 0. The highest BCUT2D eigenvalue weighted by molar-refractivity contribution is 5.76. The summed E-state index contributed by atoms with van der Waals surface area (Å²) in [4.78, 5) is 12.2. The Labute approximate surface area is 237 Å². The SMILES string of the molecule is CCCCCCCCCCCCC/C=C/[C@@H](O)C(CO)NC(=O)CCCCCCCCCCCCCCC.